The van der Waals surface area contributed by atoms with Crippen molar-refractivity contribution in [3.63, 3.8) is 0 Å². The van der Waals surface area contributed by atoms with Gasteiger partial charge in [0, 0.05) is 37.3 Å². The van der Waals surface area contributed by atoms with E-state index in [2.05, 4.69) is 25.5 Å². The zero-order chi connectivity index (χ0) is 21.8. The maximum Gasteiger partial charge on any atom is 0.268 e. The Morgan fingerprint density at radius 3 is 2.23 bits per heavy atom. The van der Waals surface area contributed by atoms with Gasteiger partial charge in [-0.05, 0) is 36.9 Å². The van der Waals surface area contributed by atoms with Crippen molar-refractivity contribution in [3.8, 4) is 34.3 Å². The van der Waals surface area contributed by atoms with Crippen molar-refractivity contribution in [2.75, 3.05) is 21.1 Å². The summed E-state index contributed by atoms with van der Waals surface area (Å²) in [7, 11) is 5.35. The van der Waals surface area contributed by atoms with Gasteiger partial charge in [0.15, 0.2) is 0 Å². The summed E-state index contributed by atoms with van der Waals surface area (Å²) >= 11 is 0. The third kappa shape index (κ3) is 4.49. The van der Waals surface area contributed by atoms with Crippen molar-refractivity contribution in [1.82, 2.24) is 30.4 Å². The molecular formula is C23H22N6O2. The second kappa shape index (κ2) is 8.85. The van der Waals surface area contributed by atoms with Crippen LogP contribution in [-0.2, 0) is 6.54 Å². The van der Waals surface area contributed by atoms with Gasteiger partial charge in [-0.15, -0.1) is 10.2 Å². The van der Waals surface area contributed by atoms with Crippen LogP contribution in [0.2, 0.25) is 0 Å². The summed E-state index contributed by atoms with van der Waals surface area (Å²) < 4.78 is 5.83. The molecule has 0 atom stereocenters. The van der Waals surface area contributed by atoms with Crippen LogP contribution in [0.15, 0.2) is 65.3 Å². The first-order chi connectivity index (χ1) is 15.0. The van der Waals surface area contributed by atoms with E-state index in [9.17, 15) is 4.79 Å². The Labute approximate surface area is 180 Å². The molecule has 0 aliphatic rings. The largest absolute Gasteiger partial charge is 0.415 e. The van der Waals surface area contributed by atoms with Crippen molar-refractivity contribution in [3.05, 3.63) is 72.1 Å². The summed E-state index contributed by atoms with van der Waals surface area (Å²) in [6, 6.07) is 15.2. The lowest BCUT2D eigenvalue weighted by Crippen LogP contribution is -2.21. The molecule has 2 aromatic carbocycles. The van der Waals surface area contributed by atoms with Gasteiger partial charge in [-0.25, -0.2) is 4.98 Å². The van der Waals surface area contributed by atoms with Crippen LogP contribution in [0.1, 0.15) is 15.9 Å². The molecule has 31 heavy (non-hydrogen) atoms. The maximum absolute atomic E-state index is 12.1. The number of aromatic nitrogens is 4. The Morgan fingerprint density at radius 2 is 1.55 bits per heavy atom. The molecular weight excluding hydrogens is 392 g/mol. The van der Waals surface area contributed by atoms with Gasteiger partial charge >= 0.3 is 0 Å². The van der Waals surface area contributed by atoms with Gasteiger partial charge in [0.25, 0.3) is 11.8 Å². The van der Waals surface area contributed by atoms with E-state index in [1.54, 1.807) is 38.6 Å². The zero-order valence-electron chi connectivity index (χ0n) is 17.5. The molecule has 8 nitrogen and oxygen atoms in total. The Balaban J connectivity index is 1.57. The molecule has 0 aliphatic heterocycles. The highest BCUT2D eigenvalue weighted by Gasteiger charge is 2.14. The molecule has 0 saturated carbocycles. The molecule has 0 unspecified atom stereocenters. The highest BCUT2D eigenvalue weighted by molar-refractivity contribution is 5.94. The van der Waals surface area contributed by atoms with Gasteiger partial charge in [-0.2, -0.15) is 0 Å². The maximum atomic E-state index is 12.1. The molecule has 156 valence electrons. The van der Waals surface area contributed by atoms with Crippen LogP contribution in [0.4, 0.5) is 0 Å². The van der Waals surface area contributed by atoms with E-state index >= 15 is 0 Å². The first-order valence-electron chi connectivity index (χ1n) is 9.77. The van der Waals surface area contributed by atoms with E-state index in [-0.39, 0.29) is 5.91 Å². The van der Waals surface area contributed by atoms with Crippen LogP contribution in [-0.4, -0.2) is 52.1 Å². The number of amides is 1. The lowest BCUT2D eigenvalue weighted by Gasteiger charge is -2.10. The number of rotatable bonds is 6. The summed E-state index contributed by atoms with van der Waals surface area (Å²) in [5.41, 5.74) is 4.59. The first kappa shape index (κ1) is 20.4. The molecule has 8 heteroatoms. The number of carbonyl (C=O) groups is 1. The molecule has 0 saturated heterocycles. The Kier molecular flexibility index (Phi) is 5.81. The van der Waals surface area contributed by atoms with E-state index in [4.69, 9.17) is 4.42 Å². The van der Waals surface area contributed by atoms with Crippen LogP contribution in [0, 0.1) is 0 Å². The molecule has 2 aromatic heterocycles. The fraction of sp³-hybridized carbons (Fsp3) is 0.174. The normalized spacial score (nSPS) is 10.8. The van der Waals surface area contributed by atoms with Gasteiger partial charge < -0.3 is 14.6 Å². The lowest BCUT2D eigenvalue weighted by atomic mass is 10.1. The lowest BCUT2D eigenvalue weighted by molar-refractivity contribution is 0.0827. The van der Waals surface area contributed by atoms with Crippen LogP contribution >= 0.6 is 0 Å². The molecule has 2 heterocycles. The van der Waals surface area contributed by atoms with Crippen LogP contribution < -0.4 is 5.32 Å². The standard InChI is InChI=1S/C23H22N6O2/c1-24-12-15-4-6-17(7-5-15)21-27-28-22(31-21)20-14-25-13-19(26-20)16-8-10-18(11-9-16)23(30)29(2)3/h4-11,13-14,24H,12H2,1-3H3. The predicted octanol–water partition coefficient (Wildman–Crippen LogP) is 3.28. The van der Waals surface area contributed by atoms with Crippen molar-refractivity contribution < 1.29 is 9.21 Å². The summed E-state index contributed by atoms with van der Waals surface area (Å²) in [5.74, 6) is 0.664. The minimum absolute atomic E-state index is 0.0521. The van der Waals surface area contributed by atoms with E-state index in [1.807, 2.05) is 43.4 Å². The van der Waals surface area contributed by atoms with Gasteiger partial charge in [0.05, 0.1) is 18.1 Å². The average molecular weight is 414 g/mol. The molecule has 0 aliphatic carbocycles. The Bertz CT molecular complexity index is 1180. The molecule has 1 N–H and O–H groups in total. The zero-order valence-corrected chi connectivity index (χ0v) is 17.5. The Morgan fingerprint density at radius 1 is 0.903 bits per heavy atom. The fourth-order valence-corrected chi connectivity index (χ4v) is 3.06. The second-order valence-corrected chi connectivity index (χ2v) is 7.21. The molecule has 0 radical (unpaired) electrons. The van der Waals surface area contributed by atoms with Crippen molar-refractivity contribution in [2.45, 2.75) is 6.54 Å². The predicted molar refractivity (Wildman–Crippen MR) is 117 cm³/mol. The minimum Gasteiger partial charge on any atom is -0.415 e. The van der Waals surface area contributed by atoms with Crippen LogP contribution in [0.5, 0.6) is 0 Å². The van der Waals surface area contributed by atoms with Gasteiger partial charge in [-0.1, -0.05) is 24.3 Å². The molecule has 1 amide bonds. The average Bonchev–Trinajstić information content (AvgIpc) is 3.30. The fourth-order valence-electron chi connectivity index (χ4n) is 3.06. The molecule has 0 spiro atoms. The van der Waals surface area contributed by atoms with Crippen molar-refractivity contribution in [2.24, 2.45) is 0 Å². The number of carbonyl (C=O) groups excluding carboxylic acids is 1. The Hall–Kier alpha value is -3.91. The monoisotopic (exact) mass is 414 g/mol. The van der Waals surface area contributed by atoms with Crippen LogP contribution in [0.25, 0.3) is 34.3 Å². The topological polar surface area (TPSA) is 97.0 Å². The highest BCUT2D eigenvalue weighted by Crippen LogP contribution is 2.25. The number of hydrogen-bond acceptors (Lipinski definition) is 7. The molecule has 4 rings (SSSR count). The van der Waals surface area contributed by atoms with E-state index in [1.165, 1.54) is 10.5 Å². The quantitative estimate of drug-likeness (QED) is 0.517. The second-order valence-electron chi connectivity index (χ2n) is 7.21. The van der Waals surface area contributed by atoms with Crippen molar-refractivity contribution >= 4 is 5.91 Å². The smallest absolute Gasteiger partial charge is 0.268 e. The van der Waals surface area contributed by atoms with E-state index in [0.717, 1.165) is 17.7 Å². The number of nitrogens with one attached hydrogen (secondary N) is 1. The number of benzene rings is 2. The highest BCUT2D eigenvalue weighted by atomic mass is 16.4. The van der Waals surface area contributed by atoms with Crippen LogP contribution in [0.3, 0.4) is 0 Å². The first-order valence-corrected chi connectivity index (χ1v) is 9.77. The number of nitrogens with zero attached hydrogens (tertiary/aromatic N) is 5. The third-order valence-electron chi connectivity index (χ3n) is 4.69. The van der Waals surface area contributed by atoms with Gasteiger partial charge in [0.1, 0.15) is 5.69 Å². The summed E-state index contributed by atoms with van der Waals surface area (Å²) in [6.07, 6.45) is 3.24. The SMILES string of the molecule is CNCc1ccc(-c2nnc(-c3cncc(-c4ccc(C(=O)N(C)C)cc4)n3)o2)cc1. The summed E-state index contributed by atoms with van der Waals surface area (Å²) in [5, 5.41) is 11.4. The summed E-state index contributed by atoms with van der Waals surface area (Å²) in [4.78, 5) is 22.5. The summed E-state index contributed by atoms with van der Waals surface area (Å²) in [6.45, 7) is 0.794. The van der Waals surface area contributed by atoms with Gasteiger partial charge in [0.2, 0.25) is 5.89 Å². The van der Waals surface area contributed by atoms with Crippen molar-refractivity contribution in [1.29, 1.82) is 0 Å². The number of hydrogen-bond donors (Lipinski definition) is 1. The van der Waals surface area contributed by atoms with E-state index < -0.39 is 0 Å². The molecule has 0 fully saturated rings. The third-order valence-corrected chi connectivity index (χ3v) is 4.69. The molecule has 0 bridgehead atoms. The van der Waals surface area contributed by atoms with E-state index in [0.29, 0.717) is 28.7 Å². The minimum atomic E-state index is -0.0521. The molecule has 4 aromatic rings. The van der Waals surface area contributed by atoms with Gasteiger partial charge in [-0.3, -0.25) is 9.78 Å².